The van der Waals surface area contributed by atoms with Crippen LogP contribution in [0.4, 0.5) is 0 Å². The second-order valence-corrected chi connectivity index (χ2v) is 5.04. The lowest BCUT2D eigenvalue weighted by atomic mass is 10.3. The lowest BCUT2D eigenvalue weighted by molar-refractivity contribution is 0.459. The van der Waals surface area contributed by atoms with Crippen molar-refractivity contribution >= 4 is 23.2 Å². The van der Waals surface area contributed by atoms with Crippen molar-refractivity contribution in [3.8, 4) is 11.6 Å². The van der Waals surface area contributed by atoms with E-state index in [4.69, 9.17) is 27.9 Å². The molecular formula is C14H15Cl2N3O. The van der Waals surface area contributed by atoms with Gasteiger partial charge >= 0.3 is 0 Å². The lowest BCUT2D eigenvalue weighted by Crippen LogP contribution is -2.14. The van der Waals surface area contributed by atoms with Crippen LogP contribution in [0.25, 0.3) is 0 Å². The Balaban J connectivity index is 1.99. The summed E-state index contributed by atoms with van der Waals surface area (Å²) in [6, 6.07) is 5.03. The predicted octanol–water partition coefficient (Wildman–Crippen LogP) is 4.08. The maximum atomic E-state index is 6.03. The number of ether oxygens (including phenoxy) is 1. The summed E-state index contributed by atoms with van der Waals surface area (Å²) in [7, 11) is 0. The smallest absolute Gasteiger partial charge is 0.237 e. The molecule has 20 heavy (non-hydrogen) atoms. The van der Waals surface area contributed by atoms with Gasteiger partial charge in [0.25, 0.3) is 0 Å². The van der Waals surface area contributed by atoms with Crippen LogP contribution in [0.15, 0.2) is 30.6 Å². The molecule has 106 valence electrons. The quantitative estimate of drug-likeness (QED) is 0.817. The van der Waals surface area contributed by atoms with Gasteiger partial charge in [-0.25, -0.2) is 4.98 Å². The molecule has 6 heteroatoms. The minimum absolute atomic E-state index is 0.397. The number of hydrogen-bond donors (Lipinski definition) is 1. The van der Waals surface area contributed by atoms with Gasteiger partial charge in [-0.15, -0.1) is 0 Å². The Hall–Kier alpha value is -1.36. The first-order valence-corrected chi connectivity index (χ1v) is 7.09. The average Bonchev–Trinajstić information content (AvgIpc) is 2.44. The summed E-state index contributed by atoms with van der Waals surface area (Å²) in [6.07, 6.45) is 4.35. The van der Waals surface area contributed by atoms with E-state index in [-0.39, 0.29) is 0 Å². The van der Waals surface area contributed by atoms with Crippen LogP contribution in [0.1, 0.15) is 19.0 Å². The van der Waals surface area contributed by atoms with Gasteiger partial charge in [0.15, 0.2) is 0 Å². The standard InChI is InChI=1S/C14H15Cl2N3O/c1-2-5-17-7-11-8-19-14(9-18-11)20-13-4-3-10(15)6-12(13)16/h3-4,6,8-9,17H,2,5,7H2,1H3. The second-order valence-electron chi connectivity index (χ2n) is 4.20. The summed E-state index contributed by atoms with van der Waals surface area (Å²) in [5.74, 6) is 0.899. The number of nitrogens with zero attached hydrogens (tertiary/aromatic N) is 2. The van der Waals surface area contributed by atoms with Crippen LogP contribution in [0.2, 0.25) is 10.0 Å². The molecule has 0 fully saturated rings. The number of benzene rings is 1. The summed E-state index contributed by atoms with van der Waals surface area (Å²) in [6.45, 7) is 3.77. The fourth-order valence-corrected chi connectivity index (χ4v) is 2.00. The van der Waals surface area contributed by atoms with E-state index in [1.807, 2.05) is 0 Å². The third-order valence-electron chi connectivity index (χ3n) is 2.52. The van der Waals surface area contributed by atoms with Crippen molar-refractivity contribution < 1.29 is 4.74 Å². The Morgan fingerprint density at radius 1 is 1.20 bits per heavy atom. The van der Waals surface area contributed by atoms with E-state index in [0.29, 0.717) is 28.2 Å². The highest BCUT2D eigenvalue weighted by Crippen LogP contribution is 2.30. The molecule has 0 unspecified atom stereocenters. The van der Waals surface area contributed by atoms with E-state index in [1.54, 1.807) is 30.6 Å². The van der Waals surface area contributed by atoms with E-state index >= 15 is 0 Å². The molecule has 0 amide bonds. The third kappa shape index (κ3) is 4.34. The number of rotatable bonds is 6. The zero-order chi connectivity index (χ0) is 14.4. The Bertz CT molecular complexity index is 561. The Morgan fingerprint density at radius 3 is 2.70 bits per heavy atom. The molecule has 1 heterocycles. The van der Waals surface area contributed by atoms with Crippen LogP contribution in [-0.2, 0) is 6.54 Å². The van der Waals surface area contributed by atoms with Gasteiger partial charge in [-0.3, -0.25) is 4.98 Å². The largest absolute Gasteiger partial charge is 0.436 e. The van der Waals surface area contributed by atoms with Crippen molar-refractivity contribution in [3.05, 3.63) is 46.3 Å². The van der Waals surface area contributed by atoms with Crippen LogP contribution in [0.3, 0.4) is 0 Å². The SMILES string of the molecule is CCCNCc1cnc(Oc2ccc(Cl)cc2Cl)cn1. The molecule has 2 aromatic rings. The molecule has 2 rings (SSSR count). The number of nitrogens with one attached hydrogen (secondary N) is 1. The van der Waals surface area contributed by atoms with Gasteiger partial charge in [0, 0.05) is 11.6 Å². The summed E-state index contributed by atoms with van der Waals surface area (Å²) in [5, 5.41) is 4.26. The highest BCUT2D eigenvalue weighted by atomic mass is 35.5. The van der Waals surface area contributed by atoms with Crippen LogP contribution in [-0.4, -0.2) is 16.5 Å². The molecule has 0 spiro atoms. The zero-order valence-electron chi connectivity index (χ0n) is 11.1. The highest BCUT2D eigenvalue weighted by molar-refractivity contribution is 6.35. The third-order valence-corrected chi connectivity index (χ3v) is 3.05. The molecule has 1 aromatic heterocycles. The Kier molecular flexibility index (Phi) is 5.59. The molecule has 0 saturated heterocycles. The molecule has 0 radical (unpaired) electrons. The zero-order valence-corrected chi connectivity index (χ0v) is 12.6. The van der Waals surface area contributed by atoms with Gasteiger partial charge in [-0.1, -0.05) is 30.1 Å². The highest BCUT2D eigenvalue weighted by Gasteiger charge is 2.05. The summed E-state index contributed by atoms with van der Waals surface area (Å²) in [5.41, 5.74) is 0.869. The molecule has 0 aliphatic heterocycles. The van der Waals surface area contributed by atoms with Crippen LogP contribution < -0.4 is 10.1 Å². The summed E-state index contributed by atoms with van der Waals surface area (Å²) in [4.78, 5) is 8.47. The topological polar surface area (TPSA) is 47.0 Å². The molecule has 4 nitrogen and oxygen atoms in total. The second kappa shape index (κ2) is 7.43. The minimum atomic E-state index is 0.397. The predicted molar refractivity (Wildman–Crippen MR) is 80.6 cm³/mol. The Morgan fingerprint density at radius 2 is 2.05 bits per heavy atom. The minimum Gasteiger partial charge on any atom is -0.436 e. The first-order valence-electron chi connectivity index (χ1n) is 6.33. The molecule has 0 bridgehead atoms. The van der Waals surface area contributed by atoms with Crippen molar-refractivity contribution in [1.82, 2.24) is 15.3 Å². The molecule has 1 N–H and O–H groups in total. The van der Waals surface area contributed by atoms with Crippen molar-refractivity contribution in [3.63, 3.8) is 0 Å². The van der Waals surface area contributed by atoms with Crippen LogP contribution in [0.5, 0.6) is 11.6 Å². The normalized spacial score (nSPS) is 10.6. The van der Waals surface area contributed by atoms with Crippen molar-refractivity contribution in [2.45, 2.75) is 19.9 Å². The number of aromatic nitrogens is 2. The van der Waals surface area contributed by atoms with Gasteiger partial charge in [0.2, 0.25) is 5.88 Å². The molecular weight excluding hydrogens is 297 g/mol. The number of hydrogen-bond acceptors (Lipinski definition) is 4. The molecule has 0 aliphatic carbocycles. The first-order chi connectivity index (χ1) is 9.69. The molecule has 1 aromatic carbocycles. The van der Waals surface area contributed by atoms with Gasteiger partial charge in [0.1, 0.15) is 5.75 Å². The van der Waals surface area contributed by atoms with Crippen molar-refractivity contribution in [2.75, 3.05) is 6.54 Å². The monoisotopic (exact) mass is 311 g/mol. The van der Waals surface area contributed by atoms with E-state index < -0.39 is 0 Å². The average molecular weight is 312 g/mol. The Labute approximate surface area is 128 Å². The summed E-state index contributed by atoms with van der Waals surface area (Å²) >= 11 is 11.9. The van der Waals surface area contributed by atoms with Crippen molar-refractivity contribution in [2.24, 2.45) is 0 Å². The van der Waals surface area contributed by atoms with Gasteiger partial charge < -0.3 is 10.1 Å². The van der Waals surface area contributed by atoms with Crippen LogP contribution in [0, 0.1) is 0 Å². The maximum absolute atomic E-state index is 6.03. The van der Waals surface area contributed by atoms with Crippen LogP contribution >= 0.6 is 23.2 Å². The molecule has 0 atom stereocenters. The van der Waals surface area contributed by atoms with E-state index in [0.717, 1.165) is 18.7 Å². The van der Waals surface area contributed by atoms with Gasteiger partial charge in [-0.05, 0) is 31.2 Å². The van der Waals surface area contributed by atoms with E-state index in [9.17, 15) is 0 Å². The fourth-order valence-electron chi connectivity index (χ4n) is 1.55. The van der Waals surface area contributed by atoms with Crippen molar-refractivity contribution in [1.29, 1.82) is 0 Å². The lowest BCUT2D eigenvalue weighted by Gasteiger charge is -2.07. The van der Waals surface area contributed by atoms with Gasteiger partial charge in [0.05, 0.1) is 23.1 Å². The molecule has 0 aliphatic rings. The fraction of sp³-hybridized carbons (Fsp3) is 0.286. The van der Waals surface area contributed by atoms with E-state index in [1.165, 1.54) is 0 Å². The molecule has 0 saturated carbocycles. The first kappa shape index (κ1) is 15.0. The van der Waals surface area contributed by atoms with Gasteiger partial charge in [-0.2, -0.15) is 0 Å². The van der Waals surface area contributed by atoms with E-state index in [2.05, 4.69) is 22.2 Å². The number of halogens is 2. The summed E-state index contributed by atoms with van der Waals surface area (Å²) < 4.78 is 5.56. The maximum Gasteiger partial charge on any atom is 0.237 e.